The van der Waals surface area contributed by atoms with E-state index >= 15 is 0 Å². The minimum atomic E-state index is -0.478. The van der Waals surface area contributed by atoms with E-state index in [9.17, 15) is 9.59 Å². The van der Waals surface area contributed by atoms with Crippen molar-refractivity contribution in [2.24, 2.45) is 11.6 Å². The molecule has 1 aliphatic rings. The van der Waals surface area contributed by atoms with Gasteiger partial charge in [0.1, 0.15) is 5.76 Å². The number of rotatable bonds is 4. The van der Waals surface area contributed by atoms with Gasteiger partial charge in [0.2, 0.25) is 5.91 Å². The van der Waals surface area contributed by atoms with Crippen LogP contribution in [-0.4, -0.2) is 29.3 Å². The van der Waals surface area contributed by atoms with Gasteiger partial charge in [0.05, 0.1) is 12.6 Å². The van der Waals surface area contributed by atoms with Crippen LogP contribution in [0.1, 0.15) is 29.2 Å². The number of hydrogen-bond donors (Lipinski definition) is 3. The van der Waals surface area contributed by atoms with Crippen LogP contribution in [0.4, 0.5) is 0 Å². The third-order valence-corrected chi connectivity index (χ3v) is 3.07. The molecule has 0 bridgehead atoms. The fourth-order valence-electron chi connectivity index (χ4n) is 2.19. The number of primary amides is 1. The number of hydrazine groups is 1. The number of nitrogen functional groups attached to an aromatic ring is 1. The number of nitrogens with two attached hydrogens (primary N) is 2. The summed E-state index contributed by atoms with van der Waals surface area (Å²) in [5.41, 5.74) is 7.32. The number of likely N-dealkylation sites (tertiary alicyclic amines) is 1. The molecule has 18 heavy (non-hydrogen) atoms. The molecule has 1 atom stereocenters. The highest BCUT2D eigenvalue weighted by molar-refractivity contribution is 5.90. The van der Waals surface area contributed by atoms with Crippen molar-refractivity contribution in [3.63, 3.8) is 0 Å². The lowest BCUT2D eigenvalue weighted by Crippen LogP contribution is -2.39. The second kappa shape index (κ2) is 5.19. The van der Waals surface area contributed by atoms with Crippen molar-refractivity contribution in [3.8, 4) is 0 Å². The minimum Gasteiger partial charge on any atom is -0.455 e. The molecule has 0 radical (unpaired) electrons. The zero-order valence-corrected chi connectivity index (χ0v) is 9.89. The van der Waals surface area contributed by atoms with Crippen LogP contribution in [0.2, 0.25) is 0 Å². The second-order valence-electron chi connectivity index (χ2n) is 4.27. The number of amides is 2. The molecular formula is C11H16N4O3. The summed E-state index contributed by atoms with van der Waals surface area (Å²) in [4.78, 5) is 24.4. The molecule has 1 unspecified atom stereocenters. The molecule has 2 rings (SSSR count). The first kappa shape index (κ1) is 12.6. The standard InChI is InChI=1S/C11H16N4O3/c12-10(16)8-2-1-5-15(8)6-7-3-4-9(18-7)11(17)14-13/h3-4,8H,1-2,5-6,13H2,(H2,12,16)(H,14,17). The van der Waals surface area contributed by atoms with Crippen LogP contribution in [0.3, 0.4) is 0 Å². The highest BCUT2D eigenvalue weighted by Crippen LogP contribution is 2.20. The molecule has 0 spiro atoms. The first-order chi connectivity index (χ1) is 8.61. The molecule has 0 aliphatic carbocycles. The first-order valence-electron chi connectivity index (χ1n) is 5.75. The molecule has 0 saturated carbocycles. The second-order valence-corrected chi connectivity index (χ2v) is 4.27. The summed E-state index contributed by atoms with van der Waals surface area (Å²) >= 11 is 0. The van der Waals surface area contributed by atoms with E-state index in [-0.39, 0.29) is 17.7 Å². The number of furan rings is 1. The number of hydrogen-bond acceptors (Lipinski definition) is 5. The predicted molar refractivity (Wildman–Crippen MR) is 63.0 cm³/mol. The van der Waals surface area contributed by atoms with E-state index in [2.05, 4.69) is 0 Å². The van der Waals surface area contributed by atoms with Gasteiger partial charge in [0, 0.05) is 0 Å². The van der Waals surface area contributed by atoms with Gasteiger partial charge in [-0.1, -0.05) is 0 Å². The summed E-state index contributed by atoms with van der Waals surface area (Å²) in [7, 11) is 0. The van der Waals surface area contributed by atoms with Crippen LogP contribution >= 0.6 is 0 Å². The van der Waals surface area contributed by atoms with Gasteiger partial charge in [-0.2, -0.15) is 0 Å². The smallest absolute Gasteiger partial charge is 0.300 e. The van der Waals surface area contributed by atoms with Crippen molar-refractivity contribution in [2.75, 3.05) is 6.54 Å². The van der Waals surface area contributed by atoms with Gasteiger partial charge in [0.25, 0.3) is 0 Å². The summed E-state index contributed by atoms with van der Waals surface area (Å²) in [6.07, 6.45) is 1.71. The topological polar surface area (TPSA) is 115 Å². The lowest BCUT2D eigenvalue weighted by molar-refractivity contribution is -0.122. The quantitative estimate of drug-likeness (QED) is 0.373. The Bertz CT molecular complexity index is 457. The fourth-order valence-corrected chi connectivity index (χ4v) is 2.19. The van der Waals surface area contributed by atoms with Crippen molar-refractivity contribution in [1.82, 2.24) is 10.3 Å². The lowest BCUT2D eigenvalue weighted by Gasteiger charge is -2.20. The van der Waals surface area contributed by atoms with E-state index in [0.717, 1.165) is 19.4 Å². The Hall–Kier alpha value is -1.86. The number of carbonyl (C=O) groups is 2. The summed E-state index contributed by atoms with van der Waals surface area (Å²) in [5.74, 6) is 4.98. The van der Waals surface area contributed by atoms with Gasteiger partial charge in [-0.15, -0.1) is 0 Å². The maximum absolute atomic E-state index is 11.2. The Labute approximate surface area is 104 Å². The molecule has 5 N–H and O–H groups in total. The minimum absolute atomic E-state index is 0.155. The Balaban J connectivity index is 2.03. The van der Waals surface area contributed by atoms with Gasteiger partial charge in [-0.25, -0.2) is 5.84 Å². The molecule has 1 aliphatic heterocycles. The molecule has 98 valence electrons. The van der Waals surface area contributed by atoms with Crippen molar-refractivity contribution >= 4 is 11.8 Å². The van der Waals surface area contributed by atoms with Gasteiger partial charge in [-0.05, 0) is 31.5 Å². The number of nitrogens with zero attached hydrogens (tertiary/aromatic N) is 1. The lowest BCUT2D eigenvalue weighted by atomic mass is 10.2. The summed E-state index contributed by atoms with van der Waals surface area (Å²) < 4.78 is 5.34. The molecular weight excluding hydrogens is 236 g/mol. The van der Waals surface area contributed by atoms with Crippen LogP contribution in [0.5, 0.6) is 0 Å². The Morgan fingerprint density at radius 1 is 1.50 bits per heavy atom. The van der Waals surface area contributed by atoms with E-state index in [1.165, 1.54) is 0 Å². The van der Waals surface area contributed by atoms with Gasteiger partial charge in [0.15, 0.2) is 5.76 Å². The predicted octanol–water partition coefficient (Wildman–Crippen LogP) is -0.667. The normalized spacial score (nSPS) is 19.9. The molecule has 1 fully saturated rings. The van der Waals surface area contributed by atoms with Gasteiger partial charge >= 0.3 is 5.91 Å². The van der Waals surface area contributed by atoms with E-state index in [1.807, 2.05) is 10.3 Å². The molecule has 1 saturated heterocycles. The summed E-state index contributed by atoms with van der Waals surface area (Å²) in [6, 6.07) is 3.00. The number of nitrogens with one attached hydrogen (secondary N) is 1. The van der Waals surface area contributed by atoms with E-state index in [4.69, 9.17) is 16.0 Å². The molecule has 1 aromatic heterocycles. The highest BCUT2D eigenvalue weighted by atomic mass is 16.4. The first-order valence-corrected chi connectivity index (χ1v) is 5.75. The largest absolute Gasteiger partial charge is 0.455 e. The maximum atomic E-state index is 11.2. The average Bonchev–Trinajstić information content (AvgIpc) is 2.97. The van der Waals surface area contributed by atoms with Gasteiger partial charge in [-0.3, -0.25) is 19.9 Å². The maximum Gasteiger partial charge on any atom is 0.300 e. The summed E-state index contributed by atoms with van der Waals surface area (Å²) in [6.45, 7) is 1.26. The third kappa shape index (κ3) is 2.52. The van der Waals surface area contributed by atoms with Crippen LogP contribution in [0.25, 0.3) is 0 Å². The van der Waals surface area contributed by atoms with Gasteiger partial charge < -0.3 is 10.2 Å². The molecule has 7 heteroatoms. The van der Waals surface area contributed by atoms with Crippen molar-refractivity contribution in [3.05, 3.63) is 23.7 Å². The Morgan fingerprint density at radius 3 is 2.94 bits per heavy atom. The van der Waals surface area contributed by atoms with Crippen LogP contribution in [0.15, 0.2) is 16.5 Å². The average molecular weight is 252 g/mol. The zero-order valence-electron chi connectivity index (χ0n) is 9.89. The van der Waals surface area contributed by atoms with Crippen molar-refractivity contribution in [1.29, 1.82) is 0 Å². The summed E-state index contributed by atoms with van der Waals surface area (Å²) in [5, 5.41) is 0. The van der Waals surface area contributed by atoms with E-state index < -0.39 is 5.91 Å². The molecule has 7 nitrogen and oxygen atoms in total. The molecule has 2 heterocycles. The van der Waals surface area contributed by atoms with E-state index in [0.29, 0.717) is 12.3 Å². The Kier molecular flexibility index (Phi) is 3.63. The van der Waals surface area contributed by atoms with Crippen LogP contribution < -0.4 is 17.0 Å². The molecule has 2 amide bonds. The monoisotopic (exact) mass is 252 g/mol. The molecule has 0 aromatic carbocycles. The fraction of sp³-hybridized carbons (Fsp3) is 0.455. The number of carbonyl (C=O) groups excluding carboxylic acids is 2. The van der Waals surface area contributed by atoms with Crippen LogP contribution in [-0.2, 0) is 11.3 Å². The third-order valence-electron chi connectivity index (χ3n) is 3.07. The highest BCUT2D eigenvalue weighted by Gasteiger charge is 2.29. The van der Waals surface area contributed by atoms with Crippen molar-refractivity contribution < 1.29 is 14.0 Å². The molecule has 1 aromatic rings. The van der Waals surface area contributed by atoms with Crippen LogP contribution in [0, 0.1) is 0 Å². The SMILES string of the molecule is NNC(=O)c1ccc(CN2CCCC2C(N)=O)o1. The van der Waals surface area contributed by atoms with Crippen molar-refractivity contribution in [2.45, 2.75) is 25.4 Å². The van der Waals surface area contributed by atoms with E-state index in [1.54, 1.807) is 12.1 Å². The Morgan fingerprint density at radius 2 is 2.28 bits per heavy atom. The zero-order chi connectivity index (χ0) is 13.1.